The van der Waals surface area contributed by atoms with Gasteiger partial charge in [0.05, 0.1) is 0 Å². The second-order valence-electron chi connectivity index (χ2n) is 2.61. The van der Waals surface area contributed by atoms with E-state index in [1.54, 1.807) is 11.8 Å². The molecule has 12 heavy (non-hydrogen) atoms. The lowest BCUT2D eigenvalue weighted by Gasteiger charge is -1.91. The van der Waals surface area contributed by atoms with E-state index in [9.17, 15) is 0 Å². The molecule has 0 fully saturated rings. The Morgan fingerprint density at radius 1 is 1.58 bits per heavy atom. The van der Waals surface area contributed by atoms with Gasteiger partial charge in [0.1, 0.15) is 15.5 Å². The Morgan fingerprint density at radius 3 is 2.83 bits per heavy atom. The SMILES string of the molecule is CCCCc1nc(SC)c(Br)[nH]1. The lowest BCUT2D eigenvalue weighted by molar-refractivity contribution is 0.759. The number of imidazole rings is 1. The summed E-state index contributed by atoms with van der Waals surface area (Å²) in [5.41, 5.74) is 0. The lowest BCUT2D eigenvalue weighted by Crippen LogP contribution is -1.86. The third-order valence-electron chi connectivity index (χ3n) is 1.64. The molecule has 1 aromatic rings. The molecule has 1 rings (SSSR count). The predicted molar refractivity (Wildman–Crippen MR) is 56.7 cm³/mol. The first-order valence-corrected chi connectivity index (χ1v) is 6.08. The number of aromatic nitrogens is 2. The van der Waals surface area contributed by atoms with Crippen molar-refractivity contribution < 1.29 is 0 Å². The van der Waals surface area contributed by atoms with Crippen LogP contribution in [0.3, 0.4) is 0 Å². The number of rotatable bonds is 4. The summed E-state index contributed by atoms with van der Waals surface area (Å²) < 4.78 is 1.01. The van der Waals surface area contributed by atoms with E-state index >= 15 is 0 Å². The smallest absolute Gasteiger partial charge is 0.129 e. The maximum atomic E-state index is 4.43. The maximum absolute atomic E-state index is 4.43. The fourth-order valence-electron chi connectivity index (χ4n) is 0.978. The number of hydrogen-bond acceptors (Lipinski definition) is 2. The van der Waals surface area contributed by atoms with Crippen LogP contribution in [0.2, 0.25) is 0 Å². The Hall–Kier alpha value is 0.0400. The number of halogens is 1. The number of aryl methyl sites for hydroxylation is 1. The van der Waals surface area contributed by atoms with Gasteiger partial charge in [-0.1, -0.05) is 13.3 Å². The molecular weight excluding hydrogens is 236 g/mol. The second kappa shape index (κ2) is 4.92. The molecule has 0 spiro atoms. The Balaban J connectivity index is 2.62. The highest BCUT2D eigenvalue weighted by molar-refractivity contribution is 9.10. The first kappa shape index (κ1) is 10.1. The standard InChI is InChI=1S/C8H13BrN2S/c1-3-4-5-6-10-7(9)8(11-6)12-2/h3-5H2,1-2H3,(H,10,11). The van der Waals surface area contributed by atoms with E-state index in [0.717, 1.165) is 21.9 Å². The van der Waals surface area contributed by atoms with Crippen LogP contribution >= 0.6 is 27.7 Å². The van der Waals surface area contributed by atoms with Crippen LogP contribution in [0.25, 0.3) is 0 Å². The van der Waals surface area contributed by atoms with Gasteiger partial charge in [-0.2, -0.15) is 0 Å². The van der Waals surface area contributed by atoms with Crippen molar-refractivity contribution >= 4 is 27.7 Å². The van der Waals surface area contributed by atoms with Crippen molar-refractivity contribution in [1.29, 1.82) is 0 Å². The molecule has 0 radical (unpaired) electrons. The van der Waals surface area contributed by atoms with Crippen LogP contribution in [-0.2, 0) is 6.42 Å². The lowest BCUT2D eigenvalue weighted by atomic mass is 10.2. The largest absolute Gasteiger partial charge is 0.336 e. The monoisotopic (exact) mass is 248 g/mol. The number of unbranched alkanes of at least 4 members (excludes halogenated alkanes) is 1. The number of hydrogen-bond donors (Lipinski definition) is 1. The molecule has 0 bridgehead atoms. The summed E-state index contributed by atoms with van der Waals surface area (Å²) in [7, 11) is 0. The van der Waals surface area contributed by atoms with Gasteiger partial charge in [-0.05, 0) is 28.6 Å². The van der Waals surface area contributed by atoms with E-state index < -0.39 is 0 Å². The van der Waals surface area contributed by atoms with Gasteiger partial charge in [0.25, 0.3) is 0 Å². The van der Waals surface area contributed by atoms with Crippen LogP contribution in [0.15, 0.2) is 9.63 Å². The molecule has 4 heteroatoms. The summed E-state index contributed by atoms with van der Waals surface area (Å²) in [6.45, 7) is 2.19. The molecule has 0 saturated carbocycles. The van der Waals surface area contributed by atoms with Gasteiger partial charge in [0, 0.05) is 6.42 Å². The number of H-pyrrole nitrogens is 1. The molecule has 1 aromatic heterocycles. The second-order valence-corrected chi connectivity index (χ2v) is 4.20. The predicted octanol–water partition coefficient (Wildman–Crippen LogP) is 3.24. The molecule has 0 amide bonds. The maximum Gasteiger partial charge on any atom is 0.129 e. The minimum atomic E-state index is 1.01. The van der Waals surface area contributed by atoms with E-state index in [1.807, 2.05) is 6.26 Å². The molecule has 0 aliphatic rings. The Labute approximate surface area is 85.7 Å². The Morgan fingerprint density at radius 2 is 2.33 bits per heavy atom. The number of nitrogens with one attached hydrogen (secondary N) is 1. The van der Waals surface area contributed by atoms with Gasteiger partial charge < -0.3 is 4.98 Å². The van der Waals surface area contributed by atoms with Crippen molar-refractivity contribution in [3.05, 3.63) is 10.4 Å². The van der Waals surface area contributed by atoms with Gasteiger partial charge >= 0.3 is 0 Å². The summed E-state index contributed by atoms with van der Waals surface area (Å²) in [6.07, 6.45) is 5.50. The average Bonchev–Trinajstić information content (AvgIpc) is 2.43. The third-order valence-corrected chi connectivity index (χ3v) is 3.16. The van der Waals surface area contributed by atoms with Crippen molar-refractivity contribution in [2.75, 3.05) is 6.26 Å². The van der Waals surface area contributed by atoms with Crippen LogP contribution in [0.5, 0.6) is 0 Å². The zero-order chi connectivity index (χ0) is 8.97. The highest BCUT2D eigenvalue weighted by atomic mass is 79.9. The summed E-state index contributed by atoms with van der Waals surface area (Å²) in [4.78, 5) is 7.64. The van der Waals surface area contributed by atoms with Crippen LogP contribution in [0.4, 0.5) is 0 Å². The zero-order valence-electron chi connectivity index (χ0n) is 7.35. The normalized spacial score (nSPS) is 10.6. The topological polar surface area (TPSA) is 28.7 Å². The van der Waals surface area contributed by atoms with E-state index in [-0.39, 0.29) is 0 Å². The highest BCUT2D eigenvalue weighted by Gasteiger charge is 2.05. The highest BCUT2D eigenvalue weighted by Crippen LogP contribution is 2.22. The summed E-state index contributed by atoms with van der Waals surface area (Å²) in [6, 6.07) is 0. The van der Waals surface area contributed by atoms with Crippen molar-refractivity contribution in [2.24, 2.45) is 0 Å². The minimum Gasteiger partial charge on any atom is -0.336 e. The Bertz CT molecular complexity index is 247. The molecule has 1 N–H and O–H groups in total. The number of nitrogens with zero attached hydrogens (tertiary/aromatic N) is 1. The fraction of sp³-hybridized carbons (Fsp3) is 0.625. The van der Waals surface area contributed by atoms with Crippen molar-refractivity contribution in [3.8, 4) is 0 Å². The first-order chi connectivity index (χ1) is 5.77. The van der Waals surface area contributed by atoms with Crippen LogP contribution in [0, 0.1) is 0 Å². The molecule has 0 aliphatic carbocycles. The number of thioether (sulfide) groups is 1. The molecule has 0 saturated heterocycles. The average molecular weight is 249 g/mol. The quantitative estimate of drug-likeness (QED) is 0.830. The molecule has 0 aromatic carbocycles. The number of aromatic amines is 1. The molecular formula is C8H13BrN2S. The van der Waals surface area contributed by atoms with Crippen LogP contribution in [-0.4, -0.2) is 16.2 Å². The van der Waals surface area contributed by atoms with Crippen molar-refractivity contribution in [1.82, 2.24) is 9.97 Å². The molecule has 0 atom stereocenters. The third kappa shape index (κ3) is 2.52. The van der Waals surface area contributed by atoms with Gasteiger partial charge in [-0.15, -0.1) is 11.8 Å². The van der Waals surface area contributed by atoms with E-state index in [1.165, 1.54) is 12.8 Å². The van der Waals surface area contributed by atoms with E-state index in [0.29, 0.717) is 0 Å². The van der Waals surface area contributed by atoms with Gasteiger partial charge in [-0.3, -0.25) is 0 Å². The van der Waals surface area contributed by atoms with E-state index in [2.05, 4.69) is 32.8 Å². The summed E-state index contributed by atoms with van der Waals surface area (Å²) in [5, 5.41) is 1.06. The van der Waals surface area contributed by atoms with Crippen molar-refractivity contribution in [3.63, 3.8) is 0 Å². The molecule has 2 nitrogen and oxygen atoms in total. The zero-order valence-corrected chi connectivity index (χ0v) is 9.76. The van der Waals surface area contributed by atoms with Gasteiger partial charge in [0.15, 0.2) is 0 Å². The van der Waals surface area contributed by atoms with Gasteiger partial charge in [0.2, 0.25) is 0 Å². The molecule has 0 aliphatic heterocycles. The van der Waals surface area contributed by atoms with Crippen LogP contribution in [0.1, 0.15) is 25.6 Å². The molecule has 0 unspecified atom stereocenters. The Kier molecular flexibility index (Phi) is 4.15. The molecule has 68 valence electrons. The van der Waals surface area contributed by atoms with Crippen LogP contribution < -0.4 is 0 Å². The summed E-state index contributed by atoms with van der Waals surface area (Å²) >= 11 is 5.09. The summed E-state index contributed by atoms with van der Waals surface area (Å²) in [5.74, 6) is 1.09. The van der Waals surface area contributed by atoms with Gasteiger partial charge in [-0.25, -0.2) is 4.98 Å². The minimum absolute atomic E-state index is 1.01. The molecule has 1 heterocycles. The van der Waals surface area contributed by atoms with Crippen molar-refractivity contribution in [2.45, 2.75) is 31.2 Å². The fourth-order valence-corrected chi connectivity index (χ4v) is 2.21. The van der Waals surface area contributed by atoms with E-state index in [4.69, 9.17) is 0 Å². The first-order valence-electron chi connectivity index (χ1n) is 4.06.